The third-order valence-corrected chi connectivity index (χ3v) is 7.31. The van der Waals surface area contributed by atoms with Crippen LogP contribution in [0.25, 0.3) is 0 Å². The van der Waals surface area contributed by atoms with Gasteiger partial charge in [-0.3, -0.25) is 19.3 Å². The molecule has 31 heavy (non-hydrogen) atoms. The van der Waals surface area contributed by atoms with Crippen molar-refractivity contribution in [2.24, 2.45) is 0 Å². The number of hydrogen-bond donors (Lipinski definition) is 0. The minimum absolute atomic E-state index is 0.00951. The molecule has 0 N–H and O–H groups in total. The maximum absolute atomic E-state index is 13.1. The van der Waals surface area contributed by atoms with Gasteiger partial charge < -0.3 is 4.90 Å². The van der Waals surface area contributed by atoms with E-state index in [-0.39, 0.29) is 61.6 Å². The quantitative estimate of drug-likeness (QED) is 0.667. The Hall–Kier alpha value is -3.11. The minimum atomic E-state index is -3.76. The highest BCUT2D eigenvalue weighted by molar-refractivity contribution is 7.89. The molecular formula is C21H20FN3O5S. The highest BCUT2D eigenvalue weighted by Crippen LogP contribution is 2.24. The number of benzene rings is 2. The van der Waals surface area contributed by atoms with E-state index in [1.165, 1.54) is 16.4 Å². The Bertz CT molecular complexity index is 1110. The van der Waals surface area contributed by atoms with Crippen LogP contribution in [0.5, 0.6) is 0 Å². The molecule has 8 nitrogen and oxygen atoms in total. The van der Waals surface area contributed by atoms with Crippen LogP contribution in [0.1, 0.15) is 23.2 Å². The lowest BCUT2D eigenvalue weighted by Gasteiger charge is -2.34. The summed E-state index contributed by atoms with van der Waals surface area (Å²) >= 11 is 0. The SMILES string of the molecule is O=C(c1ccc(N2C(=O)CCC2=O)cc1)N1CCN(S(=O)(=O)c2ccc(F)cc2)CC1. The molecule has 2 saturated heterocycles. The van der Waals surface area contributed by atoms with Gasteiger partial charge in [0.2, 0.25) is 21.8 Å². The Labute approximate surface area is 178 Å². The van der Waals surface area contributed by atoms with Crippen LogP contribution in [-0.4, -0.2) is 61.5 Å². The first-order valence-electron chi connectivity index (χ1n) is 9.78. The van der Waals surface area contributed by atoms with Crippen LogP contribution in [0.3, 0.4) is 0 Å². The number of imide groups is 1. The summed E-state index contributed by atoms with van der Waals surface area (Å²) in [4.78, 5) is 39.2. The topological polar surface area (TPSA) is 95.1 Å². The summed E-state index contributed by atoms with van der Waals surface area (Å²) in [5.41, 5.74) is 0.817. The molecule has 10 heteroatoms. The zero-order valence-electron chi connectivity index (χ0n) is 16.5. The number of amides is 3. The van der Waals surface area contributed by atoms with E-state index in [0.717, 1.165) is 17.0 Å². The zero-order valence-corrected chi connectivity index (χ0v) is 17.3. The van der Waals surface area contributed by atoms with E-state index < -0.39 is 15.8 Å². The number of anilines is 1. The fourth-order valence-corrected chi connectivity index (χ4v) is 5.11. The summed E-state index contributed by atoms with van der Waals surface area (Å²) in [6.07, 6.45) is 0.370. The van der Waals surface area contributed by atoms with E-state index >= 15 is 0 Å². The van der Waals surface area contributed by atoms with Gasteiger partial charge in [0, 0.05) is 44.6 Å². The molecule has 162 valence electrons. The van der Waals surface area contributed by atoms with Gasteiger partial charge in [-0.2, -0.15) is 4.31 Å². The average Bonchev–Trinajstić information content (AvgIpc) is 3.11. The van der Waals surface area contributed by atoms with E-state index in [1.807, 2.05) is 0 Å². The fraction of sp³-hybridized carbons (Fsp3) is 0.286. The van der Waals surface area contributed by atoms with Crippen LogP contribution in [-0.2, 0) is 19.6 Å². The maximum Gasteiger partial charge on any atom is 0.253 e. The molecule has 2 fully saturated rings. The van der Waals surface area contributed by atoms with Gasteiger partial charge in [-0.05, 0) is 48.5 Å². The second kappa shape index (κ2) is 8.20. The first-order valence-corrected chi connectivity index (χ1v) is 11.2. The monoisotopic (exact) mass is 445 g/mol. The molecule has 0 unspecified atom stereocenters. The van der Waals surface area contributed by atoms with Gasteiger partial charge >= 0.3 is 0 Å². The number of nitrogens with zero attached hydrogens (tertiary/aromatic N) is 3. The Morgan fingerprint density at radius 3 is 1.90 bits per heavy atom. The molecule has 2 heterocycles. The highest BCUT2D eigenvalue weighted by atomic mass is 32.2. The summed E-state index contributed by atoms with van der Waals surface area (Å²) in [5.74, 6) is -1.30. The van der Waals surface area contributed by atoms with Gasteiger partial charge in [-0.25, -0.2) is 12.8 Å². The van der Waals surface area contributed by atoms with Crippen molar-refractivity contribution in [1.29, 1.82) is 0 Å². The smallest absolute Gasteiger partial charge is 0.253 e. The van der Waals surface area contributed by atoms with Gasteiger partial charge in [0.25, 0.3) is 5.91 Å². The molecule has 2 aliphatic heterocycles. The normalized spacial score (nSPS) is 18.0. The van der Waals surface area contributed by atoms with Crippen molar-refractivity contribution < 1.29 is 27.2 Å². The predicted octanol–water partition coefficient (Wildman–Crippen LogP) is 1.63. The first-order chi connectivity index (χ1) is 14.8. The highest BCUT2D eigenvalue weighted by Gasteiger charge is 2.32. The Morgan fingerprint density at radius 1 is 0.806 bits per heavy atom. The number of carbonyl (C=O) groups is 3. The lowest BCUT2D eigenvalue weighted by atomic mass is 10.1. The molecule has 2 aromatic carbocycles. The molecular weight excluding hydrogens is 425 g/mol. The molecule has 0 bridgehead atoms. The van der Waals surface area contributed by atoms with E-state index in [4.69, 9.17) is 0 Å². The Morgan fingerprint density at radius 2 is 1.35 bits per heavy atom. The van der Waals surface area contributed by atoms with Crippen molar-refractivity contribution >= 4 is 33.4 Å². The average molecular weight is 445 g/mol. The van der Waals surface area contributed by atoms with Crippen molar-refractivity contribution in [2.45, 2.75) is 17.7 Å². The van der Waals surface area contributed by atoms with Crippen molar-refractivity contribution in [3.8, 4) is 0 Å². The standard InChI is InChI=1S/C21H20FN3O5S/c22-16-3-7-18(8-4-16)31(29,30)24-13-11-23(12-14-24)21(28)15-1-5-17(6-2-15)25-19(26)9-10-20(25)27/h1-8H,9-14H2. The van der Waals surface area contributed by atoms with Crippen LogP contribution in [0.15, 0.2) is 53.4 Å². The Kier molecular flexibility index (Phi) is 5.59. The number of hydrogen-bond acceptors (Lipinski definition) is 5. The second-order valence-corrected chi connectivity index (χ2v) is 9.26. The summed E-state index contributed by atoms with van der Waals surface area (Å²) < 4.78 is 39.8. The van der Waals surface area contributed by atoms with Crippen molar-refractivity contribution in [1.82, 2.24) is 9.21 Å². The van der Waals surface area contributed by atoms with Gasteiger partial charge in [0.05, 0.1) is 10.6 Å². The molecule has 2 aromatic rings. The maximum atomic E-state index is 13.1. The second-order valence-electron chi connectivity index (χ2n) is 7.32. The lowest BCUT2D eigenvalue weighted by molar-refractivity contribution is -0.121. The number of sulfonamides is 1. The summed E-state index contributed by atoms with van der Waals surface area (Å²) in [7, 11) is -3.76. The fourth-order valence-electron chi connectivity index (χ4n) is 3.69. The van der Waals surface area contributed by atoms with E-state index in [2.05, 4.69) is 0 Å². The number of carbonyl (C=O) groups excluding carboxylic acids is 3. The van der Waals surface area contributed by atoms with Crippen LogP contribution in [0, 0.1) is 5.82 Å². The van der Waals surface area contributed by atoms with Crippen LogP contribution in [0.4, 0.5) is 10.1 Å². The minimum Gasteiger partial charge on any atom is -0.336 e. The van der Waals surface area contributed by atoms with Crippen LogP contribution >= 0.6 is 0 Å². The molecule has 2 aliphatic rings. The van der Waals surface area contributed by atoms with Gasteiger partial charge in [0.15, 0.2) is 0 Å². The number of piperazine rings is 1. The Balaban J connectivity index is 1.41. The molecule has 0 saturated carbocycles. The summed E-state index contributed by atoms with van der Waals surface area (Å²) in [6.45, 7) is 0.675. The molecule has 0 aromatic heterocycles. The molecule has 0 radical (unpaired) electrons. The molecule has 4 rings (SSSR count). The van der Waals surface area contributed by atoms with Crippen LogP contribution in [0.2, 0.25) is 0 Å². The van der Waals surface area contributed by atoms with Crippen LogP contribution < -0.4 is 4.90 Å². The van der Waals surface area contributed by atoms with Crippen molar-refractivity contribution in [2.75, 3.05) is 31.1 Å². The van der Waals surface area contributed by atoms with E-state index in [1.54, 1.807) is 29.2 Å². The molecule has 3 amide bonds. The first kappa shape index (κ1) is 21.1. The molecule has 0 spiro atoms. The van der Waals surface area contributed by atoms with Crippen molar-refractivity contribution in [3.63, 3.8) is 0 Å². The zero-order chi connectivity index (χ0) is 22.2. The summed E-state index contributed by atoms with van der Waals surface area (Å²) in [5, 5.41) is 0. The van der Waals surface area contributed by atoms with E-state index in [9.17, 15) is 27.2 Å². The van der Waals surface area contributed by atoms with Gasteiger partial charge in [0.1, 0.15) is 5.82 Å². The number of rotatable bonds is 4. The number of halogens is 1. The van der Waals surface area contributed by atoms with E-state index in [0.29, 0.717) is 11.3 Å². The molecule has 0 aliphatic carbocycles. The van der Waals surface area contributed by atoms with Gasteiger partial charge in [-0.15, -0.1) is 0 Å². The molecule has 0 atom stereocenters. The lowest BCUT2D eigenvalue weighted by Crippen LogP contribution is -2.50. The predicted molar refractivity (Wildman–Crippen MR) is 109 cm³/mol. The summed E-state index contributed by atoms with van der Waals surface area (Å²) in [6, 6.07) is 10.9. The largest absolute Gasteiger partial charge is 0.336 e. The van der Waals surface area contributed by atoms with Crippen molar-refractivity contribution in [3.05, 3.63) is 59.9 Å². The third-order valence-electron chi connectivity index (χ3n) is 5.40. The van der Waals surface area contributed by atoms with Gasteiger partial charge in [-0.1, -0.05) is 0 Å². The third kappa shape index (κ3) is 4.08.